The Balaban J connectivity index is 2.24. The smallest absolute Gasteiger partial charge is 0.255 e. The van der Waals surface area contributed by atoms with Crippen molar-refractivity contribution in [1.29, 1.82) is 0 Å². The number of nitrogens with one attached hydrogen (secondary N) is 1. The van der Waals surface area contributed by atoms with Gasteiger partial charge >= 0.3 is 0 Å². The molecule has 1 N–H and O–H groups in total. The number of benzene rings is 2. The minimum Gasteiger partial charge on any atom is -0.496 e. The van der Waals surface area contributed by atoms with Crippen LogP contribution in [-0.2, 0) is 0 Å². The van der Waals surface area contributed by atoms with E-state index in [-0.39, 0.29) is 5.91 Å². The average molecular weight is 381 g/mol. The molecule has 2 aromatic rings. The molecule has 0 saturated heterocycles. The predicted octanol–water partition coefficient (Wildman–Crippen LogP) is 4.17. The number of anilines is 1. The van der Waals surface area contributed by atoms with Gasteiger partial charge in [-0.2, -0.15) is 0 Å². The molecule has 0 aliphatic rings. The van der Waals surface area contributed by atoms with Crippen molar-refractivity contribution in [2.24, 2.45) is 0 Å². The molecule has 0 radical (unpaired) electrons. The van der Waals surface area contributed by atoms with Crippen LogP contribution in [0.15, 0.2) is 36.4 Å². The van der Waals surface area contributed by atoms with E-state index in [9.17, 15) is 4.79 Å². The van der Waals surface area contributed by atoms with Gasteiger partial charge in [0.05, 0.1) is 10.7 Å². The Morgan fingerprint density at radius 2 is 1.95 bits per heavy atom. The van der Waals surface area contributed by atoms with Crippen molar-refractivity contribution in [3.63, 3.8) is 0 Å². The molecule has 104 valence electrons. The molecule has 0 aliphatic heterocycles. The number of amides is 1. The maximum Gasteiger partial charge on any atom is 0.255 e. The molecule has 0 saturated carbocycles. The number of halogens is 1. The highest BCUT2D eigenvalue weighted by Gasteiger charge is 2.10. The van der Waals surface area contributed by atoms with Crippen LogP contribution in [0, 0.1) is 17.4 Å². The summed E-state index contributed by atoms with van der Waals surface area (Å²) >= 11 is 2.16. The van der Waals surface area contributed by atoms with Gasteiger partial charge in [0.2, 0.25) is 0 Å². The first-order valence-corrected chi connectivity index (χ1v) is 7.32. The summed E-state index contributed by atoms with van der Waals surface area (Å²) in [6, 6.07) is 11.3. The van der Waals surface area contributed by atoms with Crippen molar-refractivity contribution < 1.29 is 9.53 Å². The third kappa shape index (κ3) is 3.12. The summed E-state index contributed by atoms with van der Waals surface area (Å²) in [6.45, 7) is 4.03. The van der Waals surface area contributed by atoms with Gasteiger partial charge in [-0.15, -0.1) is 0 Å². The van der Waals surface area contributed by atoms with Gasteiger partial charge in [-0.3, -0.25) is 4.79 Å². The number of aryl methyl sites for hydroxylation is 1. The van der Waals surface area contributed by atoms with E-state index >= 15 is 0 Å². The minimum absolute atomic E-state index is 0.112. The molecule has 0 unspecified atom stereocenters. The lowest BCUT2D eigenvalue weighted by molar-refractivity contribution is 0.102. The zero-order valence-electron chi connectivity index (χ0n) is 11.7. The first-order valence-electron chi connectivity index (χ1n) is 6.24. The first-order chi connectivity index (χ1) is 9.52. The lowest BCUT2D eigenvalue weighted by Gasteiger charge is -2.11. The monoisotopic (exact) mass is 381 g/mol. The van der Waals surface area contributed by atoms with E-state index in [1.54, 1.807) is 19.2 Å². The Labute approximate surface area is 132 Å². The second-order valence-electron chi connectivity index (χ2n) is 4.55. The molecule has 0 bridgehead atoms. The van der Waals surface area contributed by atoms with Crippen LogP contribution in [0.25, 0.3) is 0 Å². The highest BCUT2D eigenvalue weighted by Crippen LogP contribution is 2.23. The van der Waals surface area contributed by atoms with Crippen molar-refractivity contribution in [3.8, 4) is 5.75 Å². The van der Waals surface area contributed by atoms with Gasteiger partial charge < -0.3 is 10.1 Å². The van der Waals surface area contributed by atoms with Crippen molar-refractivity contribution in [3.05, 3.63) is 56.7 Å². The lowest BCUT2D eigenvalue weighted by Crippen LogP contribution is -2.13. The third-order valence-corrected chi connectivity index (χ3v) is 4.11. The molecule has 4 heteroatoms. The standard InChI is InChI=1S/C16H16INO2/c1-10-5-4-6-14(11(10)2)18-16(19)12-7-8-15(20-3)13(17)9-12/h4-9H,1-3H3,(H,18,19). The summed E-state index contributed by atoms with van der Waals surface area (Å²) in [7, 11) is 1.62. The van der Waals surface area contributed by atoms with E-state index in [0.717, 1.165) is 26.1 Å². The van der Waals surface area contributed by atoms with Crippen LogP contribution in [0.3, 0.4) is 0 Å². The summed E-state index contributed by atoms with van der Waals surface area (Å²) in [5.41, 5.74) is 3.72. The largest absolute Gasteiger partial charge is 0.496 e. The molecular weight excluding hydrogens is 365 g/mol. The van der Waals surface area contributed by atoms with Gasteiger partial charge in [-0.25, -0.2) is 0 Å². The number of ether oxygens (including phenoxy) is 1. The van der Waals surface area contributed by atoms with Crippen LogP contribution in [-0.4, -0.2) is 13.0 Å². The molecule has 2 aromatic carbocycles. The molecule has 3 nitrogen and oxygen atoms in total. The van der Waals surface area contributed by atoms with Crippen LogP contribution < -0.4 is 10.1 Å². The summed E-state index contributed by atoms with van der Waals surface area (Å²) in [6.07, 6.45) is 0. The van der Waals surface area contributed by atoms with E-state index in [2.05, 4.69) is 27.9 Å². The summed E-state index contributed by atoms with van der Waals surface area (Å²) in [5, 5.41) is 2.95. The number of hydrogen-bond donors (Lipinski definition) is 1. The van der Waals surface area contributed by atoms with E-state index in [4.69, 9.17) is 4.74 Å². The number of carbonyl (C=O) groups is 1. The fourth-order valence-corrected chi connectivity index (χ4v) is 2.62. The second-order valence-corrected chi connectivity index (χ2v) is 5.71. The predicted molar refractivity (Wildman–Crippen MR) is 89.6 cm³/mol. The van der Waals surface area contributed by atoms with E-state index in [0.29, 0.717) is 5.56 Å². The van der Waals surface area contributed by atoms with E-state index < -0.39 is 0 Å². The SMILES string of the molecule is COc1ccc(C(=O)Nc2cccc(C)c2C)cc1I. The maximum atomic E-state index is 12.3. The van der Waals surface area contributed by atoms with Crippen molar-refractivity contribution >= 4 is 34.2 Å². The molecule has 0 heterocycles. The average Bonchev–Trinajstić information content (AvgIpc) is 2.43. The van der Waals surface area contributed by atoms with Gasteiger partial charge in [-0.1, -0.05) is 12.1 Å². The van der Waals surface area contributed by atoms with Gasteiger partial charge in [-0.05, 0) is 71.8 Å². The van der Waals surface area contributed by atoms with Crippen LogP contribution in [0.5, 0.6) is 5.75 Å². The highest BCUT2D eigenvalue weighted by atomic mass is 127. The molecule has 0 atom stereocenters. The quantitative estimate of drug-likeness (QED) is 0.811. The number of methoxy groups -OCH3 is 1. The van der Waals surface area contributed by atoms with Crippen LogP contribution in [0.1, 0.15) is 21.5 Å². The van der Waals surface area contributed by atoms with Crippen LogP contribution in [0.2, 0.25) is 0 Å². The van der Waals surface area contributed by atoms with Crippen LogP contribution >= 0.6 is 22.6 Å². The fourth-order valence-electron chi connectivity index (χ4n) is 1.89. The van der Waals surface area contributed by atoms with Gasteiger partial charge in [0, 0.05) is 11.3 Å². The molecule has 0 spiro atoms. The maximum absolute atomic E-state index is 12.3. The minimum atomic E-state index is -0.112. The second kappa shape index (κ2) is 6.26. The molecule has 2 rings (SSSR count). The number of hydrogen-bond acceptors (Lipinski definition) is 2. The normalized spacial score (nSPS) is 10.2. The van der Waals surface area contributed by atoms with E-state index in [1.165, 1.54) is 0 Å². The first kappa shape index (κ1) is 14.8. The lowest BCUT2D eigenvalue weighted by atomic mass is 10.1. The number of carbonyl (C=O) groups excluding carboxylic acids is 1. The van der Waals surface area contributed by atoms with Crippen molar-refractivity contribution in [2.75, 3.05) is 12.4 Å². The van der Waals surface area contributed by atoms with Crippen molar-refractivity contribution in [1.82, 2.24) is 0 Å². The Hall–Kier alpha value is -1.56. The number of rotatable bonds is 3. The zero-order chi connectivity index (χ0) is 14.7. The fraction of sp³-hybridized carbons (Fsp3) is 0.188. The summed E-state index contributed by atoms with van der Waals surface area (Å²) in [5.74, 6) is 0.660. The Morgan fingerprint density at radius 3 is 2.60 bits per heavy atom. The summed E-state index contributed by atoms with van der Waals surface area (Å²) in [4.78, 5) is 12.3. The summed E-state index contributed by atoms with van der Waals surface area (Å²) < 4.78 is 6.11. The third-order valence-electron chi connectivity index (χ3n) is 3.27. The molecule has 20 heavy (non-hydrogen) atoms. The van der Waals surface area contributed by atoms with Gasteiger partial charge in [0.15, 0.2) is 0 Å². The molecule has 0 fully saturated rings. The zero-order valence-corrected chi connectivity index (χ0v) is 13.8. The Kier molecular flexibility index (Phi) is 4.65. The topological polar surface area (TPSA) is 38.3 Å². The van der Waals surface area contributed by atoms with Gasteiger partial charge in [0.1, 0.15) is 5.75 Å². The molecule has 1 amide bonds. The Bertz CT molecular complexity index is 653. The van der Waals surface area contributed by atoms with E-state index in [1.807, 2.05) is 38.1 Å². The van der Waals surface area contributed by atoms with Gasteiger partial charge in [0.25, 0.3) is 5.91 Å². The van der Waals surface area contributed by atoms with Crippen LogP contribution in [0.4, 0.5) is 5.69 Å². The highest BCUT2D eigenvalue weighted by molar-refractivity contribution is 14.1. The molecular formula is C16H16INO2. The molecule has 0 aliphatic carbocycles. The van der Waals surface area contributed by atoms with Crippen molar-refractivity contribution in [2.45, 2.75) is 13.8 Å². The Morgan fingerprint density at radius 1 is 1.20 bits per heavy atom. The molecule has 0 aromatic heterocycles.